The number of rotatable bonds is 4. The van der Waals surface area contributed by atoms with Gasteiger partial charge in [-0.3, -0.25) is 9.69 Å². The molecule has 1 aliphatic rings. The number of aromatic nitrogens is 1. The summed E-state index contributed by atoms with van der Waals surface area (Å²) in [7, 11) is 0. The van der Waals surface area contributed by atoms with Crippen molar-refractivity contribution in [2.75, 3.05) is 38.1 Å². The van der Waals surface area contributed by atoms with Crippen molar-refractivity contribution in [3.05, 3.63) is 23.9 Å². The van der Waals surface area contributed by atoms with Gasteiger partial charge in [-0.15, -0.1) is 0 Å². The van der Waals surface area contributed by atoms with E-state index in [1.165, 1.54) is 0 Å². The molecule has 1 amide bonds. The molecule has 110 valence electrons. The number of carbonyl (C=O) groups is 1. The van der Waals surface area contributed by atoms with Gasteiger partial charge in [0.15, 0.2) is 5.82 Å². The van der Waals surface area contributed by atoms with Crippen LogP contribution in [-0.4, -0.2) is 53.4 Å². The first-order valence-corrected chi connectivity index (χ1v) is 7.05. The summed E-state index contributed by atoms with van der Waals surface area (Å²) in [5, 5.41) is 0. The van der Waals surface area contributed by atoms with Crippen molar-refractivity contribution >= 4 is 11.7 Å². The molecular weight excluding hydrogens is 254 g/mol. The summed E-state index contributed by atoms with van der Waals surface area (Å²) in [4.78, 5) is 20.8. The first-order chi connectivity index (χ1) is 9.61. The van der Waals surface area contributed by atoms with E-state index in [-0.39, 0.29) is 5.91 Å². The predicted octanol–water partition coefficient (Wildman–Crippen LogP) is 0.781. The Morgan fingerprint density at radius 2 is 2.10 bits per heavy atom. The lowest BCUT2D eigenvalue weighted by molar-refractivity contribution is 0.0624. The fourth-order valence-electron chi connectivity index (χ4n) is 2.51. The quantitative estimate of drug-likeness (QED) is 0.628. The number of pyridine rings is 1. The van der Waals surface area contributed by atoms with E-state index in [4.69, 9.17) is 5.84 Å². The molecule has 2 heterocycles. The van der Waals surface area contributed by atoms with Gasteiger partial charge in [0.2, 0.25) is 0 Å². The van der Waals surface area contributed by atoms with E-state index in [0.717, 1.165) is 32.7 Å². The summed E-state index contributed by atoms with van der Waals surface area (Å²) < 4.78 is 0. The van der Waals surface area contributed by atoms with Crippen LogP contribution in [0.25, 0.3) is 0 Å². The minimum absolute atomic E-state index is 0.00440. The van der Waals surface area contributed by atoms with Gasteiger partial charge in [0, 0.05) is 38.9 Å². The zero-order chi connectivity index (χ0) is 14.5. The maximum absolute atomic E-state index is 12.5. The standard InChI is InChI=1S/C14H23N5O/c1-11(2)10-18-6-8-19(9-7-18)14(20)12-4-3-5-16-13(12)17-15/h3-5,11H,6-10,15H2,1-2H3,(H,16,17). The highest BCUT2D eigenvalue weighted by Gasteiger charge is 2.24. The smallest absolute Gasteiger partial charge is 0.257 e. The lowest BCUT2D eigenvalue weighted by Gasteiger charge is -2.35. The SMILES string of the molecule is CC(C)CN1CCN(C(=O)c2cccnc2NN)CC1. The Hall–Kier alpha value is -1.66. The molecule has 0 unspecified atom stereocenters. The fraction of sp³-hybridized carbons (Fsp3) is 0.571. The Balaban J connectivity index is 1.98. The Kier molecular flexibility index (Phi) is 4.92. The Labute approximate surface area is 119 Å². The molecule has 1 fully saturated rings. The monoisotopic (exact) mass is 277 g/mol. The number of nitrogens with zero attached hydrogens (tertiary/aromatic N) is 3. The highest BCUT2D eigenvalue weighted by atomic mass is 16.2. The van der Waals surface area contributed by atoms with Gasteiger partial charge in [-0.05, 0) is 18.1 Å². The van der Waals surface area contributed by atoms with Crippen LogP contribution in [0.5, 0.6) is 0 Å². The van der Waals surface area contributed by atoms with Crippen LogP contribution in [0, 0.1) is 5.92 Å². The molecule has 6 nitrogen and oxygen atoms in total. The van der Waals surface area contributed by atoms with Gasteiger partial charge in [0.05, 0.1) is 5.56 Å². The van der Waals surface area contributed by atoms with E-state index >= 15 is 0 Å². The van der Waals surface area contributed by atoms with Crippen LogP contribution >= 0.6 is 0 Å². The second-order valence-electron chi connectivity index (χ2n) is 5.53. The normalized spacial score (nSPS) is 16.5. The van der Waals surface area contributed by atoms with Crippen molar-refractivity contribution in [1.29, 1.82) is 0 Å². The second-order valence-corrected chi connectivity index (χ2v) is 5.53. The zero-order valence-corrected chi connectivity index (χ0v) is 12.2. The number of anilines is 1. The summed E-state index contributed by atoms with van der Waals surface area (Å²) in [5.41, 5.74) is 3.02. The molecule has 1 saturated heterocycles. The third kappa shape index (κ3) is 3.46. The molecule has 0 atom stereocenters. The van der Waals surface area contributed by atoms with Crippen molar-refractivity contribution in [3.8, 4) is 0 Å². The third-order valence-electron chi connectivity index (χ3n) is 3.46. The molecule has 0 aliphatic carbocycles. The number of nitrogen functional groups attached to an aromatic ring is 1. The summed E-state index contributed by atoms with van der Waals surface area (Å²) in [5.74, 6) is 6.49. The molecule has 3 N–H and O–H groups in total. The van der Waals surface area contributed by atoms with Gasteiger partial charge >= 0.3 is 0 Å². The summed E-state index contributed by atoms with van der Waals surface area (Å²) in [6.45, 7) is 8.88. The number of hydrazine groups is 1. The lowest BCUT2D eigenvalue weighted by Crippen LogP contribution is -2.49. The van der Waals surface area contributed by atoms with Crippen LogP contribution in [0.1, 0.15) is 24.2 Å². The molecule has 2 rings (SSSR count). The third-order valence-corrected chi connectivity index (χ3v) is 3.46. The van der Waals surface area contributed by atoms with Crippen LogP contribution in [0.4, 0.5) is 5.82 Å². The molecule has 1 aliphatic heterocycles. The summed E-state index contributed by atoms with van der Waals surface area (Å²) in [6.07, 6.45) is 1.62. The molecule has 0 spiro atoms. The fourth-order valence-corrected chi connectivity index (χ4v) is 2.51. The Morgan fingerprint density at radius 3 is 2.70 bits per heavy atom. The molecule has 0 aromatic carbocycles. The van der Waals surface area contributed by atoms with Crippen LogP contribution in [-0.2, 0) is 0 Å². The van der Waals surface area contributed by atoms with E-state index in [9.17, 15) is 4.79 Å². The van der Waals surface area contributed by atoms with Crippen LogP contribution in [0.2, 0.25) is 0 Å². The van der Waals surface area contributed by atoms with Gasteiger partial charge in [-0.1, -0.05) is 13.8 Å². The molecule has 1 aromatic heterocycles. The summed E-state index contributed by atoms with van der Waals surface area (Å²) >= 11 is 0. The highest BCUT2D eigenvalue weighted by molar-refractivity contribution is 5.98. The molecular formula is C14H23N5O. The first kappa shape index (κ1) is 14.7. The van der Waals surface area contributed by atoms with Gasteiger partial charge in [0.1, 0.15) is 0 Å². The average Bonchev–Trinajstić information content (AvgIpc) is 2.46. The number of piperazine rings is 1. The summed E-state index contributed by atoms with van der Waals surface area (Å²) in [6, 6.07) is 3.51. The van der Waals surface area contributed by atoms with Gasteiger partial charge < -0.3 is 10.3 Å². The molecule has 20 heavy (non-hydrogen) atoms. The maximum Gasteiger partial charge on any atom is 0.257 e. The number of carbonyl (C=O) groups excluding carboxylic acids is 1. The topological polar surface area (TPSA) is 74.5 Å². The molecule has 0 bridgehead atoms. The van der Waals surface area contributed by atoms with E-state index < -0.39 is 0 Å². The minimum atomic E-state index is -0.00440. The first-order valence-electron chi connectivity index (χ1n) is 7.05. The molecule has 0 saturated carbocycles. The van der Waals surface area contributed by atoms with E-state index in [0.29, 0.717) is 17.3 Å². The van der Waals surface area contributed by atoms with E-state index in [1.54, 1.807) is 18.3 Å². The van der Waals surface area contributed by atoms with Gasteiger partial charge in [-0.2, -0.15) is 0 Å². The van der Waals surface area contributed by atoms with Gasteiger partial charge in [-0.25, -0.2) is 10.8 Å². The van der Waals surface area contributed by atoms with Gasteiger partial charge in [0.25, 0.3) is 5.91 Å². The Bertz CT molecular complexity index is 455. The molecule has 6 heteroatoms. The van der Waals surface area contributed by atoms with Crippen molar-refractivity contribution in [1.82, 2.24) is 14.8 Å². The number of amides is 1. The van der Waals surface area contributed by atoms with Crippen molar-refractivity contribution in [2.45, 2.75) is 13.8 Å². The highest BCUT2D eigenvalue weighted by Crippen LogP contribution is 2.15. The van der Waals surface area contributed by atoms with Crippen LogP contribution < -0.4 is 11.3 Å². The van der Waals surface area contributed by atoms with Crippen molar-refractivity contribution in [3.63, 3.8) is 0 Å². The van der Waals surface area contributed by atoms with E-state index in [1.807, 2.05) is 4.90 Å². The molecule has 1 aromatic rings. The average molecular weight is 277 g/mol. The molecule has 0 radical (unpaired) electrons. The predicted molar refractivity (Wildman–Crippen MR) is 79.2 cm³/mol. The number of nitrogens with two attached hydrogens (primary N) is 1. The number of hydrogen-bond donors (Lipinski definition) is 2. The van der Waals surface area contributed by atoms with Crippen molar-refractivity contribution in [2.24, 2.45) is 11.8 Å². The minimum Gasteiger partial charge on any atom is -0.336 e. The number of hydrogen-bond acceptors (Lipinski definition) is 5. The van der Waals surface area contributed by atoms with Crippen molar-refractivity contribution < 1.29 is 4.79 Å². The largest absolute Gasteiger partial charge is 0.336 e. The van der Waals surface area contributed by atoms with Crippen LogP contribution in [0.15, 0.2) is 18.3 Å². The second kappa shape index (κ2) is 6.67. The van der Waals surface area contributed by atoms with Crippen LogP contribution in [0.3, 0.4) is 0 Å². The zero-order valence-electron chi connectivity index (χ0n) is 12.2. The Morgan fingerprint density at radius 1 is 1.40 bits per heavy atom. The number of nitrogens with one attached hydrogen (secondary N) is 1. The van der Waals surface area contributed by atoms with E-state index in [2.05, 4.69) is 29.2 Å². The maximum atomic E-state index is 12.5. The lowest BCUT2D eigenvalue weighted by atomic mass is 10.1.